The first-order chi connectivity index (χ1) is 8.80. The molecule has 1 spiro atoms. The van der Waals surface area contributed by atoms with Crippen LogP contribution in [0, 0.1) is 0 Å². The molecule has 18 heavy (non-hydrogen) atoms. The molecule has 1 aromatic carbocycles. The molecule has 0 amide bonds. The van der Waals surface area contributed by atoms with Crippen molar-refractivity contribution in [3.8, 4) is 0 Å². The zero-order valence-corrected chi connectivity index (χ0v) is 10.8. The third kappa shape index (κ3) is 2.44. The quantitative estimate of drug-likeness (QED) is 0.886. The molecule has 1 N–H and O–H groups in total. The minimum atomic E-state index is 0.126. The molecule has 3 heteroatoms. The lowest BCUT2D eigenvalue weighted by atomic mass is 9.79. The predicted octanol–water partition coefficient (Wildman–Crippen LogP) is 1.93. The van der Waals surface area contributed by atoms with Crippen molar-refractivity contribution in [1.82, 2.24) is 4.90 Å². The molecule has 0 bridgehead atoms. The lowest BCUT2D eigenvalue weighted by Crippen LogP contribution is -2.55. The van der Waals surface area contributed by atoms with Crippen LogP contribution in [0.25, 0.3) is 0 Å². The lowest BCUT2D eigenvalue weighted by Gasteiger charge is -2.48. The van der Waals surface area contributed by atoms with Crippen molar-refractivity contribution >= 4 is 0 Å². The monoisotopic (exact) mass is 247 g/mol. The van der Waals surface area contributed by atoms with E-state index in [4.69, 9.17) is 9.84 Å². The average molecular weight is 247 g/mol. The van der Waals surface area contributed by atoms with Crippen molar-refractivity contribution in [2.75, 3.05) is 19.7 Å². The third-order valence-corrected chi connectivity index (χ3v) is 4.20. The first-order valence-electron chi connectivity index (χ1n) is 6.85. The van der Waals surface area contributed by atoms with Gasteiger partial charge in [-0.2, -0.15) is 0 Å². The third-order valence-electron chi connectivity index (χ3n) is 4.20. The standard InChI is InChI=1S/C15H21NO2/c17-11-14-4-2-13(3-5-14)10-16-8-9-18-15(12-16)6-1-7-15/h2-5,17H,1,6-12H2. The molecule has 1 aliphatic heterocycles. The molecule has 1 aromatic rings. The van der Waals surface area contributed by atoms with E-state index in [1.165, 1.54) is 24.8 Å². The summed E-state index contributed by atoms with van der Waals surface area (Å²) in [5.74, 6) is 0. The zero-order valence-electron chi connectivity index (χ0n) is 10.8. The number of hydrogen-bond donors (Lipinski definition) is 1. The summed E-state index contributed by atoms with van der Waals surface area (Å²) in [6, 6.07) is 8.26. The minimum Gasteiger partial charge on any atom is -0.392 e. The maximum absolute atomic E-state index is 9.03. The summed E-state index contributed by atoms with van der Waals surface area (Å²) >= 11 is 0. The van der Waals surface area contributed by atoms with Crippen molar-refractivity contribution in [1.29, 1.82) is 0 Å². The molecule has 0 atom stereocenters. The van der Waals surface area contributed by atoms with Gasteiger partial charge >= 0.3 is 0 Å². The maximum Gasteiger partial charge on any atom is 0.0809 e. The van der Waals surface area contributed by atoms with Crippen LogP contribution in [-0.4, -0.2) is 35.3 Å². The Morgan fingerprint density at radius 1 is 1.17 bits per heavy atom. The van der Waals surface area contributed by atoms with Crippen LogP contribution in [0.15, 0.2) is 24.3 Å². The van der Waals surface area contributed by atoms with Gasteiger partial charge in [-0.25, -0.2) is 0 Å². The van der Waals surface area contributed by atoms with Crippen molar-refractivity contribution < 1.29 is 9.84 Å². The summed E-state index contributed by atoms with van der Waals surface area (Å²) in [7, 11) is 0. The number of aliphatic hydroxyl groups is 1. The molecule has 1 aliphatic carbocycles. The van der Waals surface area contributed by atoms with Gasteiger partial charge in [-0.15, -0.1) is 0 Å². The number of morpholine rings is 1. The highest BCUT2D eigenvalue weighted by atomic mass is 16.5. The average Bonchev–Trinajstić information content (AvgIpc) is 2.38. The molecular formula is C15H21NO2. The van der Waals surface area contributed by atoms with E-state index < -0.39 is 0 Å². The van der Waals surface area contributed by atoms with Crippen LogP contribution in [0.3, 0.4) is 0 Å². The van der Waals surface area contributed by atoms with Gasteiger partial charge in [-0.3, -0.25) is 4.90 Å². The second-order valence-electron chi connectivity index (χ2n) is 5.57. The Balaban J connectivity index is 1.61. The van der Waals surface area contributed by atoms with Gasteiger partial charge in [0, 0.05) is 19.6 Å². The first kappa shape index (κ1) is 12.2. The molecule has 3 rings (SSSR count). The number of benzene rings is 1. The molecule has 1 saturated carbocycles. The largest absolute Gasteiger partial charge is 0.392 e. The molecule has 3 nitrogen and oxygen atoms in total. The zero-order chi connectivity index (χ0) is 12.4. The topological polar surface area (TPSA) is 32.7 Å². The second-order valence-corrected chi connectivity index (χ2v) is 5.57. The van der Waals surface area contributed by atoms with Gasteiger partial charge in [0.15, 0.2) is 0 Å². The van der Waals surface area contributed by atoms with Crippen LogP contribution in [-0.2, 0) is 17.9 Å². The van der Waals surface area contributed by atoms with E-state index in [9.17, 15) is 0 Å². The van der Waals surface area contributed by atoms with Crippen LogP contribution >= 0.6 is 0 Å². The fraction of sp³-hybridized carbons (Fsp3) is 0.600. The summed E-state index contributed by atoms with van der Waals surface area (Å²) in [6.45, 7) is 4.10. The van der Waals surface area contributed by atoms with Gasteiger partial charge in [-0.1, -0.05) is 24.3 Å². The highest BCUT2D eigenvalue weighted by Gasteiger charge is 2.41. The molecule has 0 radical (unpaired) electrons. The number of aliphatic hydroxyl groups excluding tert-OH is 1. The molecule has 1 saturated heterocycles. The number of hydrogen-bond acceptors (Lipinski definition) is 3. The van der Waals surface area contributed by atoms with Gasteiger partial charge in [0.2, 0.25) is 0 Å². The van der Waals surface area contributed by atoms with Crippen molar-refractivity contribution in [2.24, 2.45) is 0 Å². The van der Waals surface area contributed by atoms with Gasteiger partial charge in [0.25, 0.3) is 0 Å². The summed E-state index contributed by atoms with van der Waals surface area (Å²) in [6.07, 6.45) is 3.78. The van der Waals surface area contributed by atoms with Crippen molar-refractivity contribution in [3.05, 3.63) is 35.4 Å². The van der Waals surface area contributed by atoms with Crippen LogP contribution in [0.4, 0.5) is 0 Å². The van der Waals surface area contributed by atoms with E-state index >= 15 is 0 Å². The molecule has 0 unspecified atom stereocenters. The van der Waals surface area contributed by atoms with Gasteiger partial charge in [0.1, 0.15) is 0 Å². The Bertz CT molecular complexity index is 397. The van der Waals surface area contributed by atoms with Crippen molar-refractivity contribution in [2.45, 2.75) is 38.0 Å². The minimum absolute atomic E-state index is 0.126. The highest BCUT2D eigenvalue weighted by molar-refractivity contribution is 5.22. The maximum atomic E-state index is 9.03. The van der Waals surface area contributed by atoms with Gasteiger partial charge in [0.05, 0.1) is 18.8 Å². The van der Waals surface area contributed by atoms with E-state index in [0.29, 0.717) is 0 Å². The first-order valence-corrected chi connectivity index (χ1v) is 6.85. The molecular weight excluding hydrogens is 226 g/mol. The fourth-order valence-electron chi connectivity index (χ4n) is 2.94. The second kappa shape index (κ2) is 5.00. The summed E-state index contributed by atoms with van der Waals surface area (Å²) in [4.78, 5) is 2.50. The molecule has 98 valence electrons. The van der Waals surface area contributed by atoms with E-state index in [1.54, 1.807) is 0 Å². The molecule has 2 fully saturated rings. The Hall–Kier alpha value is -0.900. The molecule has 0 aromatic heterocycles. The van der Waals surface area contributed by atoms with E-state index in [-0.39, 0.29) is 12.2 Å². The van der Waals surface area contributed by atoms with E-state index in [1.807, 2.05) is 12.1 Å². The number of rotatable bonds is 3. The summed E-state index contributed by atoms with van der Waals surface area (Å²) in [5.41, 5.74) is 2.49. The number of ether oxygens (including phenoxy) is 1. The summed E-state index contributed by atoms with van der Waals surface area (Å²) < 4.78 is 5.93. The van der Waals surface area contributed by atoms with Crippen molar-refractivity contribution in [3.63, 3.8) is 0 Å². The van der Waals surface area contributed by atoms with E-state index in [2.05, 4.69) is 17.0 Å². The van der Waals surface area contributed by atoms with Crippen LogP contribution < -0.4 is 0 Å². The fourth-order valence-corrected chi connectivity index (χ4v) is 2.94. The summed E-state index contributed by atoms with van der Waals surface area (Å²) in [5, 5.41) is 9.03. The van der Waals surface area contributed by atoms with E-state index in [0.717, 1.165) is 31.8 Å². The van der Waals surface area contributed by atoms with Crippen LogP contribution in [0.5, 0.6) is 0 Å². The van der Waals surface area contributed by atoms with Gasteiger partial charge in [-0.05, 0) is 30.4 Å². The normalized spacial score (nSPS) is 22.9. The van der Waals surface area contributed by atoms with Gasteiger partial charge < -0.3 is 9.84 Å². The van der Waals surface area contributed by atoms with Crippen LogP contribution in [0.2, 0.25) is 0 Å². The predicted molar refractivity (Wildman–Crippen MR) is 70.2 cm³/mol. The molecule has 2 aliphatic rings. The SMILES string of the molecule is OCc1ccc(CN2CCOC3(CCC3)C2)cc1. The smallest absolute Gasteiger partial charge is 0.0809 e. The highest BCUT2D eigenvalue weighted by Crippen LogP contribution is 2.38. The number of nitrogens with zero attached hydrogens (tertiary/aromatic N) is 1. The van der Waals surface area contributed by atoms with Crippen LogP contribution in [0.1, 0.15) is 30.4 Å². The Morgan fingerprint density at radius 3 is 2.50 bits per heavy atom. The molecule has 1 heterocycles. The Morgan fingerprint density at radius 2 is 1.89 bits per heavy atom. The Kier molecular flexibility index (Phi) is 3.37. The lowest BCUT2D eigenvalue weighted by molar-refractivity contribution is -0.152. The Labute approximate surface area is 108 Å².